The minimum absolute atomic E-state index is 0.0962. The van der Waals surface area contributed by atoms with Gasteiger partial charge in [-0.3, -0.25) is 4.98 Å². The van der Waals surface area contributed by atoms with Crippen LogP contribution in [0.15, 0.2) is 18.5 Å². The van der Waals surface area contributed by atoms with E-state index in [0.29, 0.717) is 15.4 Å². The minimum Gasteiger partial charge on any atom is -0.463 e. The van der Waals surface area contributed by atoms with E-state index in [1.165, 1.54) is 12.4 Å². The summed E-state index contributed by atoms with van der Waals surface area (Å²) >= 11 is 5.80. The maximum atomic E-state index is 11.1. The first-order valence-electron chi connectivity index (χ1n) is 5.65. The summed E-state index contributed by atoms with van der Waals surface area (Å²) < 4.78 is 9.69. The molecule has 8 nitrogen and oxygen atoms in total. The van der Waals surface area contributed by atoms with Crippen molar-refractivity contribution in [2.45, 2.75) is 6.92 Å². The van der Waals surface area contributed by atoms with Gasteiger partial charge in [0.25, 0.3) is 0 Å². The molecule has 2 aromatic heterocycles. The second-order valence-electron chi connectivity index (χ2n) is 3.59. The van der Waals surface area contributed by atoms with Crippen LogP contribution in [0.3, 0.4) is 0 Å². The SMILES string of the molecule is CCOC(=O)COc1nc(-c2cncc(Cl)c2)n(O)n1. The van der Waals surface area contributed by atoms with Gasteiger partial charge >= 0.3 is 12.0 Å². The van der Waals surface area contributed by atoms with E-state index in [-0.39, 0.29) is 25.0 Å². The molecule has 0 aliphatic rings. The van der Waals surface area contributed by atoms with Gasteiger partial charge in [0, 0.05) is 18.0 Å². The molecule has 0 saturated carbocycles. The lowest BCUT2D eigenvalue weighted by molar-refractivity contribution is -0.145. The Morgan fingerprint density at radius 3 is 3.00 bits per heavy atom. The molecule has 1 N–H and O–H groups in total. The molecule has 2 rings (SSSR count). The third-order valence-corrected chi connectivity index (χ3v) is 2.37. The van der Waals surface area contributed by atoms with Crippen LogP contribution in [-0.2, 0) is 9.53 Å². The summed E-state index contributed by atoms with van der Waals surface area (Å²) in [6.07, 6.45) is 2.90. The molecule has 0 atom stereocenters. The average molecular weight is 299 g/mol. The molecule has 0 saturated heterocycles. The normalized spacial score (nSPS) is 10.3. The van der Waals surface area contributed by atoms with Crippen molar-refractivity contribution in [2.75, 3.05) is 13.2 Å². The van der Waals surface area contributed by atoms with E-state index in [4.69, 9.17) is 16.3 Å². The van der Waals surface area contributed by atoms with Crippen molar-refractivity contribution in [2.24, 2.45) is 0 Å². The maximum Gasteiger partial charge on any atom is 0.344 e. The van der Waals surface area contributed by atoms with E-state index in [0.717, 1.165) is 0 Å². The van der Waals surface area contributed by atoms with Crippen molar-refractivity contribution in [1.82, 2.24) is 19.9 Å². The van der Waals surface area contributed by atoms with Crippen molar-refractivity contribution in [3.63, 3.8) is 0 Å². The number of aromatic nitrogens is 4. The molecular weight excluding hydrogens is 288 g/mol. The lowest BCUT2D eigenvalue weighted by Gasteiger charge is -2.00. The average Bonchev–Trinajstić information content (AvgIpc) is 2.78. The van der Waals surface area contributed by atoms with Crippen LogP contribution in [-0.4, -0.2) is 44.3 Å². The molecule has 0 spiro atoms. The summed E-state index contributed by atoms with van der Waals surface area (Å²) in [7, 11) is 0. The smallest absolute Gasteiger partial charge is 0.344 e. The fourth-order valence-corrected chi connectivity index (χ4v) is 1.56. The summed E-state index contributed by atoms with van der Waals surface area (Å²) in [5.74, 6) is -0.452. The number of carbonyl (C=O) groups is 1. The number of ether oxygens (including phenoxy) is 2. The van der Waals surface area contributed by atoms with E-state index in [1.807, 2.05) is 0 Å². The highest BCUT2D eigenvalue weighted by atomic mass is 35.5. The Bertz CT molecular complexity index is 616. The Morgan fingerprint density at radius 2 is 2.30 bits per heavy atom. The van der Waals surface area contributed by atoms with E-state index in [9.17, 15) is 10.0 Å². The van der Waals surface area contributed by atoms with E-state index in [1.54, 1.807) is 13.0 Å². The quantitative estimate of drug-likeness (QED) is 0.653. The largest absolute Gasteiger partial charge is 0.463 e. The number of halogens is 1. The Balaban J connectivity index is 2.12. The predicted molar refractivity (Wildman–Crippen MR) is 67.6 cm³/mol. The third-order valence-electron chi connectivity index (χ3n) is 2.16. The van der Waals surface area contributed by atoms with Crippen LogP contribution >= 0.6 is 11.6 Å². The summed E-state index contributed by atoms with van der Waals surface area (Å²) in [6, 6.07) is 1.40. The fraction of sp³-hybridized carbons (Fsp3) is 0.273. The highest BCUT2D eigenvalue weighted by molar-refractivity contribution is 6.30. The number of hydrogen-bond donors (Lipinski definition) is 1. The third kappa shape index (κ3) is 3.35. The van der Waals surface area contributed by atoms with Crippen molar-refractivity contribution in [3.05, 3.63) is 23.5 Å². The Labute approximate surface area is 118 Å². The molecule has 0 aliphatic carbocycles. The van der Waals surface area contributed by atoms with Crippen LogP contribution in [0.1, 0.15) is 6.92 Å². The fourth-order valence-electron chi connectivity index (χ4n) is 1.39. The maximum absolute atomic E-state index is 11.1. The van der Waals surface area contributed by atoms with Gasteiger partial charge in [-0.15, -0.1) is 0 Å². The van der Waals surface area contributed by atoms with Crippen molar-refractivity contribution in [3.8, 4) is 17.4 Å². The summed E-state index contributed by atoms with van der Waals surface area (Å²) in [5.41, 5.74) is 0.457. The number of esters is 1. The zero-order chi connectivity index (χ0) is 14.5. The number of nitrogens with zero attached hydrogens (tertiary/aromatic N) is 4. The topological polar surface area (TPSA) is 99.4 Å². The van der Waals surface area contributed by atoms with Gasteiger partial charge in [-0.05, 0) is 13.0 Å². The van der Waals surface area contributed by atoms with Crippen molar-refractivity contribution < 1.29 is 19.5 Å². The van der Waals surface area contributed by atoms with E-state index in [2.05, 4.69) is 19.8 Å². The first-order valence-corrected chi connectivity index (χ1v) is 6.03. The summed E-state index contributed by atoms with van der Waals surface area (Å²) in [4.78, 5) is 19.4. The van der Waals surface area contributed by atoms with Crippen LogP contribution in [0, 0.1) is 0 Å². The highest BCUT2D eigenvalue weighted by Crippen LogP contribution is 2.20. The number of pyridine rings is 1. The van der Waals surface area contributed by atoms with Crippen molar-refractivity contribution in [1.29, 1.82) is 0 Å². The molecule has 0 aromatic carbocycles. The van der Waals surface area contributed by atoms with Gasteiger partial charge in [-0.2, -0.15) is 4.98 Å². The molecule has 2 aromatic rings. The Hall–Kier alpha value is -2.35. The van der Waals surface area contributed by atoms with Gasteiger partial charge in [0.2, 0.25) is 5.82 Å². The molecule has 0 unspecified atom stereocenters. The Morgan fingerprint density at radius 1 is 1.50 bits per heavy atom. The molecule has 0 fully saturated rings. The molecule has 106 valence electrons. The molecule has 9 heteroatoms. The van der Waals surface area contributed by atoms with Gasteiger partial charge in [-0.1, -0.05) is 21.5 Å². The zero-order valence-electron chi connectivity index (χ0n) is 10.5. The van der Waals surface area contributed by atoms with Crippen LogP contribution in [0.25, 0.3) is 11.4 Å². The number of hydrogen-bond acceptors (Lipinski definition) is 7. The van der Waals surface area contributed by atoms with Crippen molar-refractivity contribution >= 4 is 17.6 Å². The predicted octanol–water partition coefficient (Wildman–Crippen LogP) is 1.17. The monoisotopic (exact) mass is 298 g/mol. The molecule has 0 bridgehead atoms. The molecule has 2 heterocycles. The standard InChI is InChI=1S/C11H11ClN4O4/c1-2-19-9(17)6-20-11-14-10(16(18)15-11)7-3-8(12)5-13-4-7/h3-5,18H,2,6H2,1H3. The highest BCUT2D eigenvalue weighted by Gasteiger charge is 2.14. The van der Waals surface area contributed by atoms with E-state index < -0.39 is 5.97 Å². The van der Waals surface area contributed by atoms with E-state index >= 15 is 0 Å². The number of carbonyl (C=O) groups excluding carboxylic acids is 1. The van der Waals surface area contributed by atoms with Crippen LogP contribution in [0.2, 0.25) is 5.02 Å². The molecular formula is C11H11ClN4O4. The lowest BCUT2D eigenvalue weighted by Crippen LogP contribution is -2.15. The van der Waals surface area contributed by atoms with Gasteiger partial charge in [0.1, 0.15) is 0 Å². The molecule has 20 heavy (non-hydrogen) atoms. The second kappa shape index (κ2) is 6.20. The van der Waals surface area contributed by atoms with Gasteiger partial charge in [-0.25, -0.2) is 4.79 Å². The van der Waals surface area contributed by atoms with Gasteiger partial charge in [0.05, 0.1) is 11.6 Å². The molecule has 0 amide bonds. The minimum atomic E-state index is -0.548. The molecule has 0 radical (unpaired) electrons. The zero-order valence-corrected chi connectivity index (χ0v) is 11.2. The first-order chi connectivity index (χ1) is 9.60. The summed E-state index contributed by atoms with van der Waals surface area (Å²) in [5, 5.41) is 13.6. The van der Waals surface area contributed by atoms with Gasteiger partial charge < -0.3 is 14.7 Å². The van der Waals surface area contributed by atoms with Crippen LogP contribution in [0.5, 0.6) is 6.01 Å². The van der Waals surface area contributed by atoms with Gasteiger partial charge in [0.15, 0.2) is 6.61 Å². The second-order valence-corrected chi connectivity index (χ2v) is 4.03. The summed E-state index contributed by atoms with van der Waals surface area (Å²) in [6.45, 7) is 1.59. The number of rotatable bonds is 5. The first kappa shape index (κ1) is 14.1. The molecule has 0 aliphatic heterocycles. The van der Waals surface area contributed by atoms with Crippen LogP contribution in [0.4, 0.5) is 0 Å². The van der Waals surface area contributed by atoms with Crippen LogP contribution < -0.4 is 4.74 Å². The lowest BCUT2D eigenvalue weighted by atomic mass is 10.3. The Kier molecular flexibility index (Phi) is 4.36.